The highest BCUT2D eigenvalue weighted by Gasteiger charge is 2.36. The second kappa shape index (κ2) is 7.21. The van der Waals surface area contributed by atoms with E-state index >= 15 is 0 Å². The van der Waals surface area contributed by atoms with Crippen LogP contribution >= 0.6 is 0 Å². The molecular weight excluding hydrogens is 306 g/mol. The Kier molecular flexibility index (Phi) is 5.28. The minimum atomic E-state index is -1.20. The van der Waals surface area contributed by atoms with E-state index in [9.17, 15) is 9.59 Å². The number of hydrogen-bond donors (Lipinski definition) is 2. The highest BCUT2D eigenvalue weighted by molar-refractivity contribution is 6.09. The maximum atomic E-state index is 12.4. The fourth-order valence-corrected chi connectivity index (χ4v) is 2.03. The number of benzene rings is 1. The van der Waals surface area contributed by atoms with Gasteiger partial charge in [-0.25, -0.2) is 0 Å². The summed E-state index contributed by atoms with van der Waals surface area (Å²) in [6, 6.07) is 10.9. The number of rotatable bonds is 6. The molecule has 1 aromatic heterocycles. The molecule has 0 aliphatic heterocycles. The van der Waals surface area contributed by atoms with Crippen molar-refractivity contribution < 1.29 is 14.0 Å². The third-order valence-corrected chi connectivity index (χ3v) is 3.78. The quantitative estimate of drug-likeness (QED) is 0.799. The largest absolute Gasteiger partial charge is 0.467 e. The van der Waals surface area contributed by atoms with Gasteiger partial charge in [0, 0.05) is 25.5 Å². The number of hydrogen-bond acceptors (Lipinski definition) is 4. The second-order valence-electron chi connectivity index (χ2n) is 6.28. The van der Waals surface area contributed by atoms with Crippen LogP contribution < -0.4 is 15.5 Å². The molecule has 0 bridgehead atoms. The zero-order valence-corrected chi connectivity index (χ0v) is 14.4. The summed E-state index contributed by atoms with van der Waals surface area (Å²) in [6.07, 6.45) is 1.54. The lowest BCUT2D eigenvalue weighted by molar-refractivity contribution is -0.138. The molecule has 2 amide bonds. The van der Waals surface area contributed by atoms with E-state index < -0.39 is 5.41 Å². The second-order valence-corrected chi connectivity index (χ2v) is 6.28. The van der Waals surface area contributed by atoms with Gasteiger partial charge in [0.25, 0.3) is 0 Å². The van der Waals surface area contributed by atoms with E-state index in [-0.39, 0.29) is 18.4 Å². The van der Waals surface area contributed by atoms with Gasteiger partial charge in [-0.15, -0.1) is 0 Å². The van der Waals surface area contributed by atoms with Crippen LogP contribution in [0.3, 0.4) is 0 Å². The Bertz CT molecular complexity index is 689. The summed E-state index contributed by atoms with van der Waals surface area (Å²) >= 11 is 0. The van der Waals surface area contributed by atoms with Gasteiger partial charge in [-0.2, -0.15) is 0 Å². The van der Waals surface area contributed by atoms with Crippen LogP contribution in [-0.4, -0.2) is 25.9 Å². The van der Waals surface area contributed by atoms with Gasteiger partial charge in [-0.05, 0) is 50.2 Å². The number of furan rings is 1. The van der Waals surface area contributed by atoms with E-state index in [1.807, 2.05) is 43.3 Å². The first-order valence-corrected chi connectivity index (χ1v) is 7.70. The zero-order chi connectivity index (χ0) is 17.7. The monoisotopic (exact) mass is 329 g/mol. The Morgan fingerprint density at radius 2 is 1.75 bits per heavy atom. The van der Waals surface area contributed by atoms with Crippen LogP contribution in [-0.2, 0) is 16.1 Å². The molecule has 2 aromatic rings. The third-order valence-electron chi connectivity index (χ3n) is 3.78. The third kappa shape index (κ3) is 4.16. The van der Waals surface area contributed by atoms with Gasteiger partial charge in [0.1, 0.15) is 11.2 Å². The van der Waals surface area contributed by atoms with E-state index in [0.717, 1.165) is 5.69 Å². The van der Waals surface area contributed by atoms with Crippen LogP contribution in [0.4, 0.5) is 11.4 Å². The summed E-state index contributed by atoms with van der Waals surface area (Å²) < 4.78 is 5.16. The smallest absolute Gasteiger partial charge is 0.239 e. The molecule has 0 aliphatic carbocycles. The van der Waals surface area contributed by atoms with Crippen LogP contribution in [0.25, 0.3) is 0 Å². The number of nitrogens with zero attached hydrogens (tertiary/aromatic N) is 1. The topological polar surface area (TPSA) is 74.6 Å². The minimum Gasteiger partial charge on any atom is -0.467 e. The molecule has 6 nitrogen and oxygen atoms in total. The number of nitrogens with one attached hydrogen (secondary N) is 2. The molecule has 0 spiro atoms. The van der Waals surface area contributed by atoms with Crippen molar-refractivity contribution in [2.75, 3.05) is 24.3 Å². The standard InChI is InChI=1S/C18H23N3O3/c1-18(2,16(22)19-12-15-6-5-11-24-15)17(23)20-13-7-9-14(10-8-13)21(3)4/h5-11H,12H2,1-4H3,(H,19,22)(H,20,23). The SMILES string of the molecule is CN(C)c1ccc(NC(=O)C(C)(C)C(=O)NCc2ccco2)cc1. The summed E-state index contributed by atoms with van der Waals surface area (Å²) in [5, 5.41) is 5.50. The summed E-state index contributed by atoms with van der Waals surface area (Å²) in [5.41, 5.74) is 0.480. The Morgan fingerprint density at radius 3 is 2.29 bits per heavy atom. The van der Waals surface area contributed by atoms with Crippen LogP contribution in [0, 0.1) is 5.41 Å². The van der Waals surface area contributed by atoms with Gasteiger partial charge < -0.3 is 20.0 Å². The first kappa shape index (κ1) is 17.6. The van der Waals surface area contributed by atoms with Gasteiger partial charge in [-0.1, -0.05) is 0 Å². The molecular formula is C18H23N3O3. The van der Waals surface area contributed by atoms with E-state index in [2.05, 4.69) is 10.6 Å². The van der Waals surface area contributed by atoms with Crippen molar-refractivity contribution >= 4 is 23.2 Å². The molecule has 1 aromatic carbocycles. The van der Waals surface area contributed by atoms with E-state index in [0.29, 0.717) is 11.4 Å². The lowest BCUT2D eigenvalue weighted by Crippen LogP contribution is -2.44. The molecule has 2 N–H and O–H groups in total. The van der Waals surface area contributed by atoms with E-state index in [1.54, 1.807) is 26.0 Å². The Morgan fingerprint density at radius 1 is 1.08 bits per heavy atom. The molecule has 0 saturated heterocycles. The van der Waals surface area contributed by atoms with Gasteiger partial charge in [0.05, 0.1) is 12.8 Å². The predicted molar refractivity (Wildman–Crippen MR) is 93.7 cm³/mol. The summed E-state index contributed by atoms with van der Waals surface area (Å²) in [7, 11) is 3.89. The molecule has 1 heterocycles. The van der Waals surface area contributed by atoms with Crippen molar-refractivity contribution in [3.05, 3.63) is 48.4 Å². The average molecular weight is 329 g/mol. The normalized spacial score (nSPS) is 11.0. The molecule has 2 rings (SSSR count). The predicted octanol–water partition coefficient (Wildman–Crippen LogP) is 2.63. The van der Waals surface area contributed by atoms with Gasteiger partial charge in [0.2, 0.25) is 11.8 Å². The Hall–Kier alpha value is -2.76. The van der Waals surface area contributed by atoms with Crippen molar-refractivity contribution in [3.63, 3.8) is 0 Å². The zero-order valence-electron chi connectivity index (χ0n) is 14.4. The van der Waals surface area contributed by atoms with Crippen molar-refractivity contribution in [1.82, 2.24) is 5.32 Å². The number of anilines is 2. The van der Waals surface area contributed by atoms with Crippen LogP contribution in [0.5, 0.6) is 0 Å². The van der Waals surface area contributed by atoms with Gasteiger partial charge in [-0.3, -0.25) is 9.59 Å². The molecule has 0 fully saturated rings. The van der Waals surface area contributed by atoms with Gasteiger partial charge >= 0.3 is 0 Å². The summed E-state index contributed by atoms with van der Waals surface area (Å²) in [5.74, 6) is -0.0859. The van der Waals surface area contributed by atoms with E-state index in [4.69, 9.17) is 4.42 Å². The maximum absolute atomic E-state index is 12.4. The number of carbonyl (C=O) groups is 2. The maximum Gasteiger partial charge on any atom is 0.239 e. The fraction of sp³-hybridized carbons (Fsp3) is 0.333. The average Bonchev–Trinajstić information content (AvgIpc) is 3.06. The van der Waals surface area contributed by atoms with E-state index in [1.165, 1.54) is 6.26 Å². The minimum absolute atomic E-state index is 0.250. The van der Waals surface area contributed by atoms with Crippen molar-refractivity contribution in [1.29, 1.82) is 0 Å². The van der Waals surface area contributed by atoms with Gasteiger partial charge in [0.15, 0.2) is 0 Å². The molecule has 0 atom stereocenters. The molecule has 0 radical (unpaired) electrons. The Labute approximate surface area is 141 Å². The number of amides is 2. The van der Waals surface area contributed by atoms with Crippen molar-refractivity contribution in [3.8, 4) is 0 Å². The highest BCUT2D eigenvalue weighted by atomic mass is 16.3. The lowest BCUT2D eigenvalue weighted by Gasteiger charge is -2.22. The lowest BCUT2D eigenvalue weighted by atomic mass is 9.91. The summed E-state index contributed by atoms with van der Waals surface area (Å²) in [4.78, 5) is 26.7. The van der Waals surface area contributed by atoms with Crippen LogP contribution in [0.15, 0.2) is 47.1 Å². The first-order valence-electron chi connectivity index (χ1n) is 7.70. The summed E-state index contributed by atoms with van der Waals surface area (Å²) in [6.45, 7) is 3.43. The molecule has 0 saturated carbocycles. The van der Waals surface area contributed by atoms with Crippen molar-refractivity contribution in [2.45, 2.75) is 20.4 Å². The molecule has 128 valence electrons. The fourth-order valence-electron chi connectivity index (χ4n) is 2.03. The molecule has 0 aliphatic rings. The number of carbonyl (C=O) groups excluding carboxylic acids is 2. The molecule has 24 heavy (non-hydrogen) atoms. The van der Waals surface area contributed by atoms with Crippen molar-refractivity contribution in [2.24, 2.45) is 5.41 Å². The Balaban J connectivity index is 1.96. The first-order chi connectivity index (χ1) is 11.3. The van der Waals surface area contributed by atoms with Crippen LogP contribution in [0.1, 0.15) is 19.6 Å². The molecule has 6 heteroatoms. The van der Waals surface area contributed by atoms with Crippen LogP contribution in [0.2, 0.25) is 0 Å². The highest BCUT2D eigenvalue weighted by Crippen LogP contribution is 2.21. The molecule has 0 unspecified atom stereocenters.